The average molecular weight is 333 g/mol. The van der Waals surface area contributed by atoms with Gasteiger partial charge in [-0.3, -0.25) is 0 Å². The number of benzene rings is 1. The molecule has 18 heavy (non-hydrogen) atoms. The number of rotatable bonds is 2. The molecule has 0 aromatic heterocycles. The summed E-state index contributed by atoms with van der Waals surface area (Å²) in [4.78, 5) is 0.354. The Bertz CT molecular complexity index is 505. The van der Waals surface area contributed by atoms with E-state index >= 15 is 0 Å². The number of hydrogen-bond acceptors (Lipinski definition) is 3. The molecule has 1 heterocycles. The molecule has 4 nitrogen and oxygen atoms in total. The van der Waals surface area contributed by atoms with Gasteiger partial charge in [0.05, 0.1) is 4.90 Å². The average Bonchev–Trinajstić information content (AvgIpc) is 2.28. The Kier molecular flexibility index (Phi) is 4.11. The van der Waals surface area contributed by atoms with Crippen LogP contribution in [-0.4, -0.2) is 37.9 Å². The summed E-state index contributed by atoms with van der Waals surface area (Å²) in [5, 5.41) is 3.33. The SMILES string of the molecule is C[C@@H]1CN(S(=O)(=O)c2ccc(Br)cc2)C[C@H](C)N1. The molecule has 0 unspecified atom stereocenters. The van der Waals surface area contributed by atoms with E-state index in [-0.39, 0.29) is 12.1 Å². The van der Waals surface area contributed by atoms with Crippen LogP contribution >= 0.6 is 15.9 Å². The fourth-order valence-electron chi connectivity index (χ4n) is 2.23. The minimum atomic E-state index is -3.37. The van der Waals surface area contributed by atoms with Crippen molar-refractivity contribution in [3.8, 4) is 0 Å². The number of halogens is 1. The Morgan fingerprint density at radius 2 is 1.67 bits per heavy atom. The lowest BCUT2D eigenvalue weighted by Crippen LogP contribution is -2.55. The maximum absolute atomic E-state index is 12.5. The second-order valence-electron chi connectivity index (χ2n) is 4.74. The first-order valence-electron chi connectivity index (χ1n) is 5.91. The van der Waals surface area contributed by atoms with E-state index in [4.69, 9.17) is 0 Å². The maximum Gasteiger partial charge on any atom is 0.243 e. The first-order valence-corrected chi connectivity index (χ1v) is 8.14. The minimum absolute atomic E-state index is 0.180. The van der Waals surface area contributed by atoms with Crippen molar-refractivity contribution in [3.05, 3.63) is 28.7 Å². The molecule has 1 saturated heterocycles. The highest BCUT2D eigenvalue weighted by Gasteiger charge is 2.31. The van der Waals surface area contributed by atoms with E-state index in [1.807, 2.05) is 13.8 Å². The van der Waals surface area contributed by atoms with Crippen LogP contribution in [0.5, 0.6) is 0 Å². The third kappa shape index (κ3) is 2.93. The van der Waals surface area contributed by atoms with Gasteiger partial charge in [-0.15, -0.1) is 0 Å². The van der Waals surface area contributed by atoms with Gasteiger partial charge in [-0.25, -0.2) is 8.42 Å². The summed E-state index contributed by atoms with van der Waals surface area (Å²) in [6.07, 6.45) is 0. The molecule has 1 N–H and O–H groups in total. The number of nitrogens with zero attached hydrogens (tertiary/aromatic N) is 1. The molecular formula is C12H17BrN2O2S. The Morgan fingerprint density at radius 1 is 1.17 bits per heavy atom. The van der Waals surface area contributed by atoms with E-state index in [0.717, 1.165) is 4.47 Å². The van der Waals surface area contributed by atoms with E-state index < -0.39 is 10.0 Å². The van der Waals surface area contributed by atoms with Crippen LogP contribution in [0.2, 0.25) is 0 Å². The standard InChI is InChI=1S/C12H17BrN2O2S/c1-9-7-15(8-10(2)14-9)18(16,17)12-5-3-11(13)4-6-12/h3-6,9-10,14H,7-8H2,1-2H3/t9-,10+. The van der Waals surface area contributed by atoms with Crippen LogP contribution in [0.4, 0.5) is 0 Å². The maximum atomic E-state index is 12.5. The van der Waals surface area contributed by atoms with Crippen LogP contribution in [0, 0.1) is 0 Å². The van der Waals surface area contributed by atoms with Crippen molar-refractivity contribution in [3.63, 3.8) is 0 Å². The van der Waals surface area contributed by atoms with Gasteiger partial charge in [0.1, 0.15) is 0 Å². The molecule has 6 heteroatoms. The van der Waals surface area contributed by atoms with Crippen molar-refractivity contribution in [1.29, 1.82) is 0 Å². The summed E-state index contributed by atoms with van der Waals surface area (Å²) in [5.74, 6) is 0. The molecule has 1 aromatic rings. The Hall–Kier alpha value is -0.430. The largest absolute Gasteiger partial charge is 0.309 e. The number of hydrogen-bond donors (Lipinski definition) is 1. The molecular weight excluding hydrogens is 316 g/mol. The van der Waals surface area contributed by atoms with Gasteiger partial charge in [0.2, 0.25) is 10.0 Å². The molecule has 2 rings (SSSR count). The quantitative estimate of drug-likeness (QED) is 0.898. The molecule has 2 atom stereocenters. The van der Waals surface area contributed by atoms with Crippen LogP contribution in [-0.2, 0) is 10.0 Å². The van der Waals surface area contributed by atoms with Gasteiger partial charge in [0.15, 0.2) is 0 Å². The highest BCUT2D eigenvalue weighted by molar-refractivity contribution is 9.10. The van der Waals surface area contributed by atoms with E-state index in [2.05, 4.69) is 21.2 Å². The van der Waals surface area contributed by atoms with Crippen LogP contribution < -0.4 is 5.32 Å². The third-order valence-corrected chi connectivity index (χ3v) is 5.35. The summed E-state index contributed by atoms with van der Waals surface area (Å²) in [5.41, 5.74) is 0. The predicted molar refractivity (Wildman–Crippen MR) is 75.0 cm³/mol. The summed E-state index contributed by atoms with van der Waals surface area (Å²) in [7, 11) is -3.37. The van der Waals surface area contributed by atoms with Gasteiger partial charge < -0.3 is 5.32 Å². The summed E-state index contributed by atoms with van der Waals surface area (Å²) in [6.45, 7) is 5.03. The number of piperazine rings is 1. The van der Waals surface area contributed by atoms with E-state index in [9.17, 15) is 8.42 Å². The molecule has 0 saturated carbocycles. The predicted octanol–water partition coefficient (Wildman–Crippen LogP) is 1.82. The molecule has 1 aromatic carbocycles. The number of sulfonamides is 1. The molecule has 1 aliphatic heterocycles. The Labute approximate surface area is 117 Å². The molecule has 0 spiro atoms. The van der Waals surface area contributed by atoms with Crippen molar-refractivity contribution in [2.45, 2.75) is 30.8 Å². The lowest BCUT2D eigenvalue weighted by molar-refractivity contribution is 0.263. The fourth-order valence-corrected chi connectivity index (χ4v) is 4.11. The summed E-state index contributed by atoms with van der Waals surface area (Å²) < 4.78 is 27.4. The molecule has 0 radical (unpaired) electrons. The normalized spacial score (nSPS) is 26.2. The smallest absolute Gasteiger partial charge is 0.243 e. The summed E-state index contributed by atoms with van der Waals surface area (Å²) in [6, 6.07) is 7.13. The van der Waals surface area contributed by atoms with Crippen molar-refractivity contribution >= 4 is 26.0 Å². The van der Waals surface area contributed by atoms with Crippen molar-refractivity contribution in [1.82, 2.24) is 9.62 Å². The topological polar surface area (TPSA) is 49.4 Å². The Morgan fingerprint density at radius 3 is 2.17 bits per heavy atom. The van der Waals surface area contributed by atoms with Crippen LogP contribution in [0.15, 0.2) is 33.6 Å². The zero-order valence-electron chi connectivity index (χ0n) is 10.4. The van der Waals surface area contributed by atoms with Gasteiger partial charge in [-0.2, -0.15) is 4.31 Å². The first-order chi connectivity index (χ1) is 8.39. The molecule has 0 bridgehead atoms. The fraction of sp³-hybridized carbons (Fsp3) is 0.500. The Balaban J connectivity index is 2.28. The zero-order chi connectivity index (χ0) is 13.3. The highest BCUT2D eigenvalue weighted by atomic mass is 79.9. The van der Waals surface area contributed by atoms with Crippen molar-refractivity contribution < 1.29 is 8.42 Å². The van der Waals surface area contributed by atoms with Crippen LogP contribution in [0.3, 0.4) is 0 Å². The van der Waals surface area contributed by atoms with Crippen LogP contribution in [0.25, 0.3) is 0 Å². The van der Waals surface area contributed by atoms with E-state index in [1.54, 1.807) is 28.6 Å². The number of nitrogens with one attached hydrogen (secondary N) is 1. The van der Waals surface area contributed by atoms with Crippen LogP contribution in [0.1, 0.15) is 13.8 Å². The molecule has 1 fully saturated rings. The molecule has 100 valence electrons. The minimum Gasteiger partial charge on any atom is -0.309 e. The van der Waals surface area contributed by atoms with Crippen molar-refractivity contribution in [2.75, 3.05) is 13.1 Å². The second kappa shape index (κ2) is 5.28. The first kappa shape index (κ1) is 14.0. The molecule has 1 aliphatic rings. The lowest BCUT2D eigenvalue weighted by atomic mass is 10.2. The second-order valence-corrected chi connectivity index (χ2v) is 7.60. The van der Waals surface area contributed by atoms with Gasteiger partial charge in [-0.1, -0.05) is 15.9 Å². The molecule has 0 amide bonds. The third-order valence-electron chi connectivity index (χ3n) is 2.98. The van der Waals surface area contributed by atoms with Gasteiger partial charge in [0.25, 0.3) is 0 Å². The van der Waals surface area contributed by atoms with Gasteiger partial charge in [-0.05, 0) is 38.1 Å². The monoisotopic (exact) mass is 332 g/mol. The summed E-state index contributed by atoms with van der Waals surface area (Å²) >= 11 is 3.31. The highest BCUT2D eigenvalue weighted by Crippen LogP contribution is 2.20. The van der Waals surface area contributed by atoms with E-state index in [1.165, 1.54) is 0 Å². The van der Waals surface area contributed by atoms with E-state index in [0.29, 0.717) is 18.0 Å². The van der Waals surface area contributed by atoms with Gasteiger partial charge >= 0.3 is 0 Å². The zero-order valence-corrected chi connectivity index (χ0v) is 12.8. The lowest BCUT2D eigenvalue weighted by Gasteiger charge is -2.35. The van der Waals surface area contributed by atoms with Crippen molar-refractivity contribution in [2.24, 2.45) is 0 Å². The molecule has 0 aliphatic carbocycles. The van der Waals surface area contributed by atoms with Gasteiger partial charge in [0, 0.05) is 29.6 Å².